The van der Waals surface area contributed by atoms with Gasteiger partial charge < -0.3 is 10.5 Å². The van der Waals surface area contributed by atoms with E-state index in [4.69, 9.17) is 10.5 Å². The molecule has 2 N–H and O–H groups in total. The number of nitrogens with two attached hydrogens (primary N) is 1. The highest BCUT2D eigenvalue weighted by Gasteiger charge is 2.14. The minimum absolute atomic E-state index is 0. The van der Waals surface area contributed by atoms with Gasteiger partial charge in [0, 0.05) is 5.56 Å². The largest absolute Gasteiger partial charge is 0.497 e. The van der Waals surface area contributed by atoms with Gasteiger partial charge in [0.15, 0.2) is 0 Å². The lowest BCUT2D eigenvalue weighted by Crippen LogP contribution is -2.12. The van der Waals surface area contributed by atoms with Crippen molar-refractivity contribution in [2.24, 2.45) is 5.73 Å². The molecule has 1 aromatic carbocycles. The number of hydrogen-bond donors (Lipinski definition) is 1. The van der Waals surface area contributed by atoms with Gasteiger partial charge in [-0.3, -0.25) is 0 Å². The number of benzene rings is 1. The molecule has 5 heteroatoms. The SMILES string of the molecule is COc1ccc(F)c([C@H](N)c2ccsc2)c1.Cl. The van der Waals surface area contributed by atoms with E-state index in [9.17, 15) is 4.39 Å². The van der Waals surface area contributed by atoms with E-state index >= 15 is 0 Å². The molecule has 2 rings (SSSR count). The van der Waals surface area contributed by atoms with Crippen molar-refractivity contribution in [2.45, 2.75) is 6.04 Å². The molecule has 0 radical (unpaired) electrons. The standard InChI is InChI=1S/C12H12FNOS.ClH/c1-15-9-2-3-11(13)10(6-9)12(14)8-4-5-16-7-8;/h2-7,12H,14H2,1H3;1H/t12-;/m1./s1. The summed E-state index contributed by atoms with van der Waals surface area (Å²) in [6, 6.07) is 6.05. The van der Waals surface area contributed by atoms with Crippen LogP contribution in [0.2, 0.25) is 0 Å². The van der Waals surface area contributed by atoms with Gasteiger partial charge in [-0.25, -0.2) is 4.39 Å². The molecule has 1 heterocycles. The molecular formula is C12H13ClFNOS. The lowest BCUT2D eigenvalue weighted by molar-refractivity contribution is 0.412. The van der Waals surface area contributed by atoms with E-state index < -0.39 is 6.04 Å². The Bertz CT molecular complexity index is 475. The van der Waals surface area contributed by atoms with Crippen LogP contribution in [-0.2, 0) is 0 Å². The second kappa shape index (κ2) is 6.00. The van der Waals surface area contributed by atoms with Crippen LogP contribution < -0.4 is 10.5 Å². The first kappa shape index (κ1) is 14.0. The zero-order valence-electron chi connectivity index (χ0n) is 9.22. The Labute approximate surface area is 110 Å². The van der Waals surface area contributed by atoms with Gasteiger partial charge in [0.2, 0.25) is 0 Å². The summed E-state index contributed by atoms with van der Waals surface area (Å²) in [7, 11) is 1.55. The third-order valence-electron chi connectivity index (χ3n) is 2.44. The molecule has 17 heavy (non-hydrogen) atoms. The van der Waals surface area contributed by atoms with Crippen molar-refractivity contribution in [1.82, 2.24) is 0 Å². The molecule has 0 bridgehead atoms. The van der Waals surface area contributed by atoms with Gasteiger partial charge in [0.25, 0.3) is 0 Å². The van der Waals surface area contributed by atoms with Crippen LogP contribution in [0.1, 0.15) is 17.2 Å². The highest BCUT2D eigenvalue weighted by atomic mass is 35.5. The van der Waals surface area contributed by atoms with E-state index in [1.165, 1.54) is 6.07 Å². The molecule has 2 nitrogen and oxygen atoms in total. The van der Waals surface area contributed by atoms with Crippen LogP contribution in [0.15, 0.2) is 35.0 Å². The molecule has 0 unspecified atom stereocenters. The molecule has 0 aliphatic carbocycles. The second-order valence-electron chi connectivity index (χ2n) is 3.42. The van der Waals surface area contributed by atoms with E-state index in [0.717, 1.165) is 5.56 Å². The van der Waals surface area contributed by atoms with E-state index in [-0.39, 0.29) is 18.2 Å². The molecule has 2 aromatic rings. The van der Waals surface area contributed by atoms with Crippen molar-refractivity contribution in [3.8, 4) is 5.75 Å². The summed E-state index contributed by atoms with van der Waals surface area (Å²) < 4.78 is 18.7. The first-order valence-electron chi connectivity index (χ1n) is 4.83. The molecular weight excluding hydrogens is 261 g/mol. The predicted molar refractivity (Wildman–Crippen MR) is 70.5 cm³/mol. The topological polar surface area (TPSA) is 35.2 Å². The summed E-state index contributed by atoms with van der Waals surface area (Å²) in [5, 5.41) is 3.84. The van der Waals surface area contributed by atoms with Crippen molar-refractivity contribution in [3.05, 3.63) is 52.0 Å². The third-order valence-corrected chi connectivity index (χ3v) is 3.14. The fourth-order valence-electron chi connectivity index (χ4n) is 1.52. The molecule has 0 aliphatic heterocycles. The molecule has 1 atom stereocenters. The zero-order chi connectivity index (χ0) is 11.5. The Morgan fingerprint density at radius 1 is 1.35 bits per heavy atom. The van der Waals surface area contributed by atoms with Gasteiger partial charge in [-0.1, -0.05) is 0 Å². The molecule has 92 valence electrons. The van der Waals surface area contributed by atoms with Gasteiger partial charge >= 0.3 is 0 Å². The van der Waals surface area contributed by atoms with E-state index in [2.05, 4.69) is 0 Å². The third kappa shape index (κ3) is 2.97. The molecule has 0 spiro atoms. The van der Waals surface area contributed by atoms with Crippen molar-refractivity contribution in [1.29, 1.82) is 0 Å². The van der Waals surface area contributed by atoms with E-state index in [1.54, 1.807) is 30.6 Å². The van der Waals surface area contributed by atoms with Gasteiger partial charge in [-0.15, -0.1) is 12.4 Å². The predicted octanol–water partition coefficient (Wildman–Crippen LogP) is 3.37. The molecule has 0 amide bonds. The van der Waals surface area contributed by atoms with Crippen LogP contribution in [0.4, 0.5) is 4.39 Å². The Morgan fingerprint density at radius 3 is 2.71 bits per heavy atom. The van der Waals surface area contributed by atoms with Crippen LogP contribution in [-0.4, -0.2) is 7.11 Å². The number of rotatable bonds is 3. The lowest BCUT2D eigenvalue weighted by Gasteiger charge is -2.12. The normalized spacial score (nSPS) is 11.7. The minimum Gasteiger partial charge on any atom is -0.497 e. The summed E-state index contributed by atoms with van der Waals surface area (Å²) in [4.78, 5) is 0. The summed E-state index contributed by atoms with van der Waals surface area (Å²) in [6.45, 7) is 0. The average molecular weight is 274 g/mol. The Balaban J connectivity index is 0.00000144. The maximum absolute atomic E-state index is 13.6. The number of hydrogen-bond acceptors (Lipinski definition) is 3. The average Bonchev–Trinajstić information content (AvgIpc) is 2.82. The lowest BCUT2D eigenvalue weighted by atomic mass is 10.0. The summed E-state index contributed by atoms with van der Waals surface area (Å²) >= 11 is 1.54. The van der Waals surface area contributed by atoms with Gasteiger partial charge in [-0.2, -0.15) is 11.3 Å². The van der Waals surface area contributed by atoms with Crippen LogP contribution in [0.25, 0.3) is 0 Å². The zero-order valence-corrected chi connectivity index (χ0v) is 10.9. The summed E-state index contributed by atoms with van der Waals surface area (Å²) in [5.41, 5.74) is 7.37. The molecule has 0 saturated heterocycles. The van der Waals surface area contributed by atoms with E-state index in [1.807, 2.05) is 16.8 Å². The maximum Gasteiger partial charge on any atom is 0.128 e. The highest BCUT2D eigenvalue weighted by Crippen LogP contribution is 2.26. The Kier molecular flexibility index (Phi) is 4.93. The molecule has 0 fully saturated rings. The smallest absolute Gasteiger partial charge is 0.128 e. The van der Waals surface area contributed by atoms with Crippen LogP contribution in [0.3, 0.4) is 0 Å². The number of thiophene rings is 1. The second-order valence-corrected chi connectivity index (χ2v) is 4.20. The quantitative estimate of drug-likeness (QED) is 0.931. The van der Waals surface area contributed by atoms with Crippen molar-refractivity contribution in [3.63, 3.8) is 0 Å². The Morgan fingerprint density at radius 2 is 2.12 bits per heavy atom. The first-order valence-corrected chi connectivity index (χ1v) is 5.77. The fraction of sp³-hybridized carbons (Fsp3) is 0.167. The molecule has 0 aliphatic rings. The van der Waals surface area contributed by atoms with E-state index in [0.29, 0.717) is 11.3 Å². The molecule has 0 saturated carbocycles. The van der Waals surface area contributed by atoms with Crippen LogP contribution in [0.5, 0.6) is 5.75 Å². The highest BCUT2D eigenvalue weighted by molar-refractivity contribution is 7.08. The fourth-order valence-corrected chi connectivity index (χ4v) is 2.22. The number of methoxy groups -OCH3 is 1. The first-order chi connectivity index (χ1) is 7.72. The van der Waals surface area contributed by atoms with Crippen LogP contribution >= 0.6 is 23.7 Å². The van der Waals surface area contributed by atoms with Gasteiger partial charge in [-0.05, 0) is 40.6 Å². The van der Waals surface area contributed by atoms with Crippen molar-refractivity contribution in [2.75, 3.05) is 7.11 Å². The van der Waals surface area contributed by atoms with Gasteiger partial charge in [0.05, 0.1) is 13.2 Å². The number of ether oxygens (including phenoxy) is 1. The molecule has 1 aromatic heterocycles. The minimum atomic E-state index is -0.443. The summed E-state index contributed by atoms with van der Waals surface area (Å²) in [5.74, 6) is 0.307. The monoisotopic (exact) mass is 273 g/mol. The van der Waals surface area contributed by atoms with Gasteiger partial charge in [0.1, 0.15) is 11.6 Å². The Hall–Kier alpha value is -1.10. The van der Waals surface area contributed by atoms with Crippen molar-refractivity contribution < 1.29 is 9.13 Å². The summed E-state index contributed by atoms with van der Waals surface area (Å²) in [6.07, 6.45) is 0. The maximum atomic E-state index is 13.6. The van der Waals surface area contributed by atoms with Crippen molar-refractivity contribution >= 4 is 23.7 Å². The van der Waals surface area contributed by atoms with Crippen LogP contribution in [0, 0.1) is 5.82 Å². The number of halogens is 2.